The molecule has 1 heteroatoms. The van der Waals surface area contributed by atoms with Crippen molar-refractivity contribution in [3.8, 4) is 0 Å². The van der Waals surface area contributed by atoms with Crippen molar-refractivity contribution in [3.63, 3.8) is 0 Å². The first-order valence-corrected chi connectivity index (χ1v) is 9.80. The van der Waals surface area contributed by atoms with E-state index >= 15 is 0 Å². The second kappa shape index (κ2) is 6.05. The van der Waals surface area contributed by atoms with Crippen molar-refractivity contribution >= 4 is 8.07 Å². The van der Waals surface area contributed by atoms with E-state index in [9.17, 15) is 0 Å². The van der Waals surface area contributed by atoms with Crippen LogP contribution in [0.2, 0.25) is 19.6 Å². The van der Waals surface area contributed by atoms with Gasteiger partial charge in [-0.3, -0.25) is 0 Å². The highest BCUT2D eigenvalue weighted by Gasteiger charge is 2.20. The highest BCUT2D eigenvalue weighted by atomic mass is 28.3. The molecule has 0 aromatic rings. The number of unbranched alkanes of at least 4 members (excludes halogenated alkanes) is 1. The summed E-state index contributed by atoms with van der Waals surface area (Å²) >= 11 is 0. The normalized spacial score (nSPS) is 27.0. The zero-order valence-electron chi connectivity index (χ0n) is 11.1. The van der Waals surface area contributed by atoms with Crippen molar-refractivity contribution in [2.75, 3.05) is 0 Å². The molecule has 0 saturated carbocycles. The van der Waals surface area contributed by atoms with Gasteiger partial charge in [0.05, 0.1) is 8.07 Å². The third-order valence-corrected chi connectivity index (χ3v) is 4.95. The van der Waals surface area contributed by atoms with E-state index in [2.05, 4.69) is 63.0 Å². The lowest BCUT2D eigenvalue weighted by molar-refractivity contribution is 0.796. The molecular weight excluding hydrogens is 208 g/mol. The van der Waals surface area contributed by atoms with Gasteiger partial charge in [-0.1, -0.05) is 74.6 Å². The van der Waals surface area contributed by atoms with E-state index in [-0.39, 0.29) is 0 Å². The molecule has 0 aromatic carbocycles. The minimum atomic E-state index is -1.22. The average molecular weight is 232 g/mol. The minimum absolute atomic E-state index is 1.22. The van der Waals surface area contributed by atoms with Crippen molar-refractivity contribution in [2.24, 2.45) is 0 Å². The molecule has 1 rings (SSSR count). The van der Waals surface area contributed by atoms with Crippen LogP contribution in [-0.4, -0.2) is 8.07 Å². The fourth-order valence-corrected chi connectivity index (χ4v) is 3.73. The van der Waals surface area contributed by atoms with Gasteiger partial charge in [0.1, 0.15) is 0 Å². The molecule has 0 saturated heterocycles. The van der Waals surface area contributed by atoms with E-state index in [4.69, 9.17) is 0 Å². The summed E-state index contributed by atoms with van der Waals surface area (Å²) in [6.07, 6.45) is 17.0. The summed E-state index contributed by atoms with van der Waals surface area (Å²) < 4.78 is 0. The van der Waals surface area contributed by atoms with E-state index in [1.807, 2.05) is 0 Å². The minimum Gasteiger partial charge on any atom is -0.0656 e. The molecule has 0 nitrogen and oxygen atoms in total. The fourth-order valence-electron chi connectivity index (χ4n) is 1.97. The van der Waals surface area contributed by atoms with Crippen LogP contribution in [0.3, 0.4) is 0 Å². The van der Waals surface area contributed by atoms with Crippen LogP contribution in [0.5, 0.6) is 0 Å². The average Bonchev–Trinajstić information content (AvgIpc) is 2.14. The summed E-state index contributed by atoms with van der Waals surface area (Å²) in [6.45, 7) is 9.55. The van der Waals surface area contributed by atoms with Crippen molar-refractivity contribution in [1.29, 1.82) is 0 Å². The Morgan fingerprint density at radius 2 is 1.56 bits per heavy atom. The molecule has 0 fully saturated rings. The maximum Gasteiger partial charge on any atom is 0.0779 e. The zero-order chi connectivity index (χ0) is 12.0. The molecule has 1 aliphatic rings. The van der Waals surface area contributed by atoms with E-state index in [0.29, 0.717) is 0 Å². The smallest absolute Gasteiger partial charge is 0.0656 e. The highest BCUT2D eigenvalue weighted by Crippen LogP contribution is 2.25. The Morgan fingerprint density at radius 1 is 0.938 bits per heavy atom. The predicted molar refractivity (Wildman–Crippen MR) is 77.3 cm³/mol. The summed E-state index contributed by atoms with van der Waals surface area (Å²) in [5.74, 6) is 0. The van der Waals surface area contributed by atoms with Crippen molar-refractivity contribution in [1.82, 2.24) is 0 Å². The molecule has 1 aliphatic carbocycles. The van der Waals surface area contributed by atoms with Crippen molar-refractivity contribution < 1.29 is 0 Å². The van der Waals surface area contributed by atoms with Crippen LogP contribution in [0.1, 0.15) is 26.2 Å². The maximum atomic E-state index is 2.43. The van der Waals surface area contributed by atoms with Gasteiger partial charge in [0.25, 0.3) is 0 Å². The van der Waals surface area contributed by atoms with E-state index in [1.165, 1.54) is 19.3 Å². The third kappa shape index (κ3) is 3.97. The predicted octanol–water partition coefficient (Wildman–Crippen LogP) is 5.03. The van der Waals surface area contributed by atoms with Gasteiger partial charge in [0.2, 0.25) is 0 Å². The topological polar surface area (TPSA) is 0 Å². The standard InChI is InChI=1S/C15H24Si/c1-5-6-11-14-12-9-7-8-10-13-15(14)16(2,3)4/h7-10,12-13H,5-6,11H2,1-4H3/b8-7-,9-7?,10-8?,12-9-,13-10-,14-12?,15-13?,15-14+. The first-order valence-electron chi connectivity index (χ1n) is 6.30. The summed E-state index contributed by atoms with van der Waals surface area (Å²) in [5.41, 5.74) is 1.56. The Morgan fingerprint density at radius 3 is 2.12 bits per heavy atom. The molecular formula is C15H24Si. The molecule has 0 amide bonds. The summed E-state index contributed by atoms with van der Waals surface area (Å²) in [5, 5.41) is 1.61. The lowest BCUT2D eigenvalue weighted by Crippen LogP contribution is -2.24. The quantitative estimate of drug-likeness (QED) is 0.596. The summed E-state index contributed by atoms with van der Waals surface area (Å²) in [6, 6.07) is 0. The van der Waals surface area contributed by atoms with Crippen LogP contribution in [0.4, 0.5) is 0 Å². The second-order valence-electron chi connectivity index (χ2n) is 5.40. The molecule has 0 radical (unpaired) electrons. The third-order valence-electron chi connectivity index (χ3n) is 2.85. The molecule has 0 aliphatic heterocycles. The Labute approximate surface area is 101 Å². The van der Waals surface area contributed by atoms with E-state index in [0.717, 1.165) is 0 Å². The molecule has 0 N–H and O–H groups in total. The van der Waals surface area contributed by atoms with Gasteiger partial charge in [-0.15, -0.1) is 0 Å². The maximum absolute atomic E-state index is 2.43. The zero-order valence-corrected chi connectivity index (χ0v) is 12.1. The lowest BCUT2D eigenvalue weighted by Gasteiger charge is -2.22. The van der Waals surface area contributed by atoms with E-state index in [1.54, 1.807) is 10.8 Å². The van der Waals surface area contributed by atoms with Crippen molar-refractivity contribution in [2.45, 2.75) is 45.8 Å². The molecule has 0 bridgehead atoms. The molecule has 0 atom stereocenters. The Balaban J connectivity index is 3.04. The number of allylic oxidation sites excluding steroid dienone is 8. The van der Waals surface area contributed by atoms with Gasteiger partial charge in [-0.25, -0.2) is 0 Å². The molecule has 0 heterocycles. The molecule has 0 aromatic heterocycles. The Kier molecular flexibility index (Phi) is 5.00. The highest BCUT2D eigenvalue weighted by molar-refractivity contribution is 6.83. The first-order chi connectivity index (χ1) is 7.55. The molecule has 0 unspecified atom stereocenters. The van der Waals surface area contributed by atoms with Gasteiger partial charge >= 0.3 is 0 Å². The number of hydrogen-bond donors (Lipinski definition) is 0. The second-order valence-corrected chi connectivity index (χ2v) is 10.4. The van der Waals surface area contributed by atoms with Crippen molar-refractivity contribution in [3.05, 3.63) is 47.2 Å². The largest absolute Gasteiger partial charge is 0.0779 e. The number of hydrogen-bond acceptors (Lipinski definition) is 0. The fraction of sp³-hybridized carbons (Fsp3) is 0.467. The lowest BCUT2D eigenvalue weighted by atomic mass is 10.1. The van der Waals surface area contributed by atoms with Crippen LogP contribution < -0.4 is 0 Å². The van der Waals surface area contributed by atoms with Crippen LogP contribution in [0, 0.1) is 0 Å². The van der Waals surface area contributed by atoms with Crippen LogP contribution in [-0.2, 0) is 0 Å². The SMILES string of the molecule is CCCCC1=C([Si](C)(C)C)/C=C\C=C/C=C\1. The van der Waals surface area contributed by atoms with Gasteiger partial charge in [0, 0.05) is 0 Å². The van der Waals surface area contributed by atoms with Gasteiger partial charge in [0.15, 0.2) is 0 Å². The summed E-state index contributed by atoms with van der Waals surface area (Å²) in [7, 11) is -1.22. The monoisotopic (exact) mass is 232 g/mol. The molecule has 0 spiro atoms. The van der Waals surface area contributed by atoms with E-state index < -0.39 is 8.07 Å². The van der Waals surface area contributed by atoms with Gasteiger partial charge < -0.3 is 0 Å². The van der Waals surface area contributed by atoms with Crippen LogP contribution in [0.25, 0.3) is 0 Å². The Hall–Kier alpha value is -0.823. The Bertz CT molecular complexity index is 335. The summed E-state index contributed by atoms with van der Waals surface area (Å²) in [4.78, 5) is 0. The number of rotatable bonds is 4. The van der Waals surface area contributed by atoms with Gasteiger partial charge in [-0.05, 0) is 18.4 Å². The van der Waals surface area contributed by atoms with Gasteiger partial charge in [-0.2, -0.15) is 0 Å². The van der Waals surface area contributed by atoms with Crippen LogP contribution in [0.15, 0.2) is 47.2 Å². The van der Waals surface area contributed by atoms with Crippen LogP contribution >= 0.6 is 0 Å². The molecule has 88 valence electrons. The molecule has 16 heavy (non-hydrogen) atoms. The first kappa shape index (κ1) is 13.2.